The van der Waals surface area contributed by atoms with Crippen molar-refractivity contribution >= 4 is 33.5 Å². The van der Waals surface area contributed by atoms with Crippen molar-refractivity contribution in [1.29, 1.82) is 0 Å². The van der Waals surface area contributed by atoms with Crippen LogP contribution < -0.4 is 5.32 Å². The lowest BCUT2D eigenvalue weighted by Crippen LogP contribution is -2.52. The zero-order valence-corrected chi connectivity index (χ0v) is 15.4. The van der Waals surface area contributed by atoms with Gasteiger partial charge in [-0.3, -0.25) is 4.79 Å². The second kappa shape index (κ2) is 6.65. The fourth-order valence-electron chi connectivity index (χ4n) is 3.76. The molecule has 2 aromatic carbocycles. The van der Waals surface area contributed by atoms with E-state index in [2.05, 4.69) is 17.4 Å². The molecule has 1 saturated heterocycles. The van der Waals surface area contributed by atoms with Crippen molar-refractivity contribution in [2.75, 3.05) is 18.4 Å². The van der Waals surface area contributed by atoms with Gasteiger partial charge in [-0.25, -0.2) is 0 Å². The summed E-state index contributed by atoms with van der Waals surface area (Å²) >= 11 is 0. The van der Waals surface area contributed by atoms with Crippen LogP contribution in [0.15, 0.2) is 46.9 Å². The number of anilines is 1. The zero-order chi connectivity index (χ0) is 18.3. The molecule has 0 radical (unpaired) electrons. The fourth-order valence-corrected chi connectivity index (χ4v) is 3.76. The SMILES string of the molecule is C[C@@H]1CN(C(=O)[C@H](C)Nc2ccc3oc4ccccc4c3c2)C[C@H](C)O1. The quantitative estimate of drug-likeness (QED) is 0.773. The van der Waals surface area contributed by atoms with Crippen LogP contribution in [0.3, 0.4) is 0 Å². The van der Waals surface area contributed by atoms with Crippen molar-refractivity contribution in [1.82, 2.24) is 4.90 Å². The van der Waals surface area contributed by atoms with E-state index >= 15 is 0 Å². The molecule has 1 fully saturated rings. The van der Waals surface area contributed by atoms with E-state index in [9.17, 15) is 4.79 Å². The van der Waals surface area contributed by atoms with Crippen LogP contribution >= 0.6 is 0 Å². The number of carbonyl (C=O) groups excluding carboxylic acids is 1. The summed E-state index contributed by atoms with van der Waals surface area (Å²) in [5.41, 5.74) is 2.64. The predicted octanol–water partition coefficient (Wildman–Crippen LogP) is 4.02. The Kier molecular flexibility index (Phi) is 4.32. The van der Waals surface area contributed by atoms with E-state index in [-0.39, 0.29) is 24.2 Å². The first-order valence-electron chi connectivity index (χ1n) is 9.13. The molecule has 3 atom stereocenters. The van der Waals surface area contributed by atoms with E-state index in [1.165, 1.54) is 0 Å². The topological polar surface area (TPSA) is 54.7 Å². The van der Waals surface area contributed by atoms with Crippen LogP contribution in [-0.2, 0) is 9.53 Å². The Bertz CT molecular complexity index is 939. The molecule has 0 bridgehead atoms. The van der Waals surface area contributed by atoms with Gasteiger partial charge in [0.1, 0.15) is 17.2 Å². The number of nitrogens with one attached hydrogen (secondary N) is 1. The van der Waals surface area contributed by atoms with Crippen molar-refractivity contribution in [2.45, 2.75) is 39.0 Å². The first-order chi connectivity index (χ1) is 12.5. The number of furan rings is 1. The van der Waals surface area contributed by atoms with E-state index in [1.54, 1.807) is 0 Å². The largest absolute Gasteiger partial charge is 0.456 e. The number of hydrogen-bond acceptors (Lipinski definition) is 4. The lowest BCUT2D eigenvalue weighted by atomic mass is 10.1. The van der Waals surface area contributed by atoms with Crippen molar-refractivity contribution in [3.63, 3.8) is 0 Å². The molecular formula is C21H24N2O3. The summed E-state index contributed by atoms with van der Waals surface area (Å²) in [6.45, 7) is 7.20. The average Bonchev–Trinajstić information content (AvgIpc) is 2.98. The second-order valence-electron chi connectivity index (χ2n) is 7.18. The van der Waals surface area contributed by atoms with Crippen LogP contribution in [0.5, 0.6) is 0 Å². The molecule has 1 amide bonds. The highest BCUT2D eigenvalue weighted by molar-refractivity contribution is 6.06. The van der Waals surface area contributed by atoms with E-state index in [1.807, 2.05) is 56.0 Å². The van der Waals surface area contributed by atoms with E-state index in [4.69, 9.17) is 9.15 Å². The fraction of sp³-hybridized carbons (Fsp3) is 0.381. The first-order valence-corrected chi connectivity index (χ1v) is 9.13. The summed E-state index contributed by atoms with van der Waals surface area (Å²) < 4.78 is 11.6. The van der Waals surface area contributed by atoms with Gasteiger partial charge in [-0.2, -0.15) is 0 Å². The average molecular weight is 352 g/mol. The summed E-state index contributed by atoms with van der Waals surface area (Å²) in [7, 11) is 0. The van der Waals surface area contributed by atoms with Crippen LogP contribution in [0, 0.1) is 0 Å². The molecular weight excluding hydrogens is 328 g/mol. The summed E-state index contributed by atoms with van der Waals surface area (Å²) in [4.78, 5) is 14.7. The van der Waals surface area contributed by atoms with Gasteiger partial charge >= 0.3 is 0 Å². The minimum Gasteiger partial charge on any atom is -0.456 e. The minimum atomic E-state index is -0.303. The molecule has 0 spiro atoms. The first kappa shape index (κ1) is 16.9. The lowest BCUT2D eigenvalue weighted by molar-refractivity contribution is -0.143. The van der Waals surface area contributed by atoms with Crippen molar-refractivity contribution in [2.24, 2.45) is 0 Å². The maximum atomic E-state index is 12.8. The molecule has 5 heteroatoms. The van der Waals surface area contributed by atoms with E-state index < -0.39 is 0 Å². The molecule has 0 aliphatic carbocycles. The van der Waals surface area contributed by atoms with Crippen LogP contribution in [0.1, 0.15) is 20.8 Å². The molecule has 1 aliphatic heterocycles. The normalized spacial score (nSPS) is 21.9. The molecule has 4 rings (SSSR count). The number of para-hydroxylation sites is 1. The van der Waals surface area contributed by atoms with Crippen LogP contribution in [0.25, 0.3) is 21.9 Å². The Labute approximate surface area is 152 Å². The van der Waals surface area contributed by atoms with Gasteiger partial charge in [0.15, 0.2) is 0 Å². The van der Waals surface area contributed by atoms with E-state index in [0.29, 0.717) is 13.1 Å². The van der Waals surface area contributed by atoms with Gasteiger partial charge < -0.3 is 19.4 Å². The van der Waals surface area contributed by atoms with Gasteiger partial charge in [-0.15, -0.1) is 0 Å². The highest BCUT2D eigenvalue weighted by Gasteiger charge is 2.28. The number of carbonyl (C=O) groups is 1. The number of amides is 1. The smallest absolute Gasteiger partial charge is 0.244 e. The maximum Gasteiger partial charge on any atom is 0.244 e. The van der Waals surface area contributed by atoms with Crippen molar-refractivity contribution < 1.29 is 13.9 Å². The molecule has 2 heterocycles. The number of benzene rings is 2. The number of rotatable bonds is 3. The Morgan fingerprint density at radius 1 is 1.08 bits per heavy atom. The number of fused-ring (bicyclic) bond motifs is 3. The minimum absolute atomic E-state index is 0.0727. The summed E-state index contributed by atoms with van der Waals surface area (Å²) in [5.74, 6) is 0.101. The molecule has 1 aromatic heterocycles. The molecule has 5 nitrogen and oxygen atoms in total. The molecule has 1 aliphatic rings. The molecule has 0 unspecified atom stereocenters. The Balaban J connectivity index is 1.54. The van der Waals surface area contributed by atoms with Crippen molar-refractivity contribution in [3.05, 3.63) is 42.5 Å². The highest BCUT2D eigenvalue weighted by Crippen LogP contribution is 2.30. The maximum absolute atomic E-state index is 12.8. The van der Waals surface area contributed by atoms with Gasteiger partial charge in [-0.1, -0.05) is 18.2 Å². The number of hydrogen-bond donors (Lipinski definition) is 1. The summed E-state index contributed by atoms with van der Waals surface area (Å²) in [6.07, 6.45) is 0.145. The van der Waals surface area contributed by atoms with Crippen LogP contribution in [0.2, 0.25) is 0 Å². The Hall–Kier alpha value is -2.53. The molecule has 0 saturated carbocycles. The molecule has 136 valence electrons. The van der Waals surface area contributed by atoms with Gasteiger partial charge in [0.05, 0.1) is 12.2 Å². The van der Waals surface area contributed by atoms with Crippen molar-refractivity contribution in [3.8, 4) is 0 Å². The van der Waals surface area contributed by atoms with Gasteiger partial charge in [-0.05, 0) is 45.0 Å². The summed E-state index contributed by atoms with van der Waals surface area (Å²) in [5, 5.41) is 5.48. The number of nitrogens with zero attached hydrogens (tertiary/aromatic N) is 1. The predicted molar refractivity (Wildman–Crippen MR) is 103 cm³/mol. The van der Waals surface area contributed by atoms with Gasteiger partial charge in [0.25, 0.3) is 0 Å². The second-order valence-corrected chi connectivity index (χ2v) is 7.18. The third-order valence-electron chi connectivity index (χ3n) is 4.86. The third-order valence-corrected chi connectivity index (χ3v) is 4.86. The Morgan fingerprint density at radius 2 is 1.77 bits per heavy atom. The van der Waals surface area contributed by atoms with Gasteiger partial charge in [0, 0.05) is 29.5 Å². The number of morpholine rings is 1. The zero-order valence-electron chi connectivity index (χ0n) is 15.4. The highest BCUT2D eigenvalue weighted by atomic mass is 16.5. The molecule has 3 aromatic rings. The molecule has 26 heavy (non-hydrogen) atoms. The Morgan fingerprint density at radius 3 is 2.54 bits per heavy atom. The third kappa shape index (κ3) is 3.15. The number of ether oxygens (including phenoxy) is 1. The lowest BCUT2D eigenvalue weighted by Gasteiger charge is -2.36. The van der Waals surface area contributed by atoms with Crippen LogP contribution in [0.4, 0.5) is 5.69 Å². The van der Waals surface area contributed by atoms with Gasteiger partial charge in [0.2, 0.25) is 5.91 Å². The van der Waals surface area contributed by atoms with E-state index in [0.717, 1.165) is 27.6 Å². The molecule has 1 N–H and O–H groups in total. The van der Waals surface area contributed by atoms with Crippen LogP contribution in [-0.4, -0.2) is 42.1 Å². The summed E-state index contributed by atoms with van der Waals surface area (Å²) in [6, 6.07) is 13.6. The monoisotopic (exact) mass is 352 g/mol. The standard InChI is InChI=1S/C21H24N2O3/c1-13-11-23(12-14(2)25-13)21(24)15(3)22-16-8-9-20-18(10-16)17-6-4-5-7-19(17)26-20/h4-10,13-15,22H,11-12H2,1-3H3/t13-,14+,15-/m0/s1.